The topological polar surface area (TPSA) is 86.4 Å². The Kier molecular flexibility index (Phi) is 4.02. The number of rotatable bonds is 3. The van der Waals surface area contributed by atoms with Gasteiger partial charge in [0.2, 0.25) is 4.96 Å². The van der Waals surface area contributed by atoms with Crippen LogP contribution in [0.2, 0.25) is 0 Å². The molecule has 0 saturated carbocycles. The number of nitrogens with zero attached hydrogens (tertiary/aromatic N) is 4. The van der Waals surface area contributed by atoms with Gasteiger partial charge in [-0.2, -0.15) is 9.50 Å². The van der Waals surface area contributed by atoms with Gasteiger partial charge in [-0.25, -0.2) is 4.79 Å². The molecule has 0 N–H and O–H groups in total. The summed E-state index contributed by atoms with van der Waals surface area (Å²) in [6.07, 6.45) is 5.06. The zero-order valence-corrected chi connectivity index (χ0v) is 14.4. The van der Waals surface area contributed by atoms with Gasteiger partial charge in [-0.3, -0.25) is 9.78 Å². The Labute approximate surface area is 151 Å². The summed E-state index contributed by atoms with van der Waals surface area (Å²) >= 11 is 1.26. The molecule has 3 heterocycles. The predicted molar refractivity (Wildman–Crippen MR) is 96.9 cm³/mol. The van der Waals surface area contributed by atoms with Crippen LogP contribution in [-0.4, -0.2) is 32.7 Å². The molecule has 0 atom stereocenters. The van der Waals surface area contributed by atoms with Crippen LogP contribution in [0.4, 0.5) is 0 Å². The van der Waals surface area contributed by atoms with Crippen molar-refractivity contribution < 1.29 is 9.53 Å². The van der Waals surface area contributed by atoms with Gasteiger partial charge in [-0.15, -0.1) is 5.10 Å². The van der Waals surface area contributed by atoms with Gasteiger partial charge in [-0.1, -0.05) is 23.5 Å². The van der Waals surface area contributed by atoms with Gasteiger partial charge in [0.1, 0.15) is 0 Å². The van der Waals surface area contributed by atoms with Gasteiger partial charge in [0.05, 0.1) is 17.2 Å². The number of pyridine rings is 1. The quantitative estimate of drug-likeness (QED) is 0.513. The molecule has 0 fully saturated rings. The number of hydrogen-bond acceptors (Lipinski definition) is 7. The van der Waals surface area contributed by atoms with Gasteiger partial charge in [0.25, 0.3) is 5.56 Å². The third kappa shape index (κ3) is 2.86. The lowest BCUT2D eigenvalue weighted by Crippen LogP contribution is -2.23. The first-order valence-corrected chi connectivity index (χ1v) is 8.47. The van der Waals surface area contributed by atoms with E-state index in [9.17, 15) is 9.59 Å². The molecule has 0 radical (unpaired) electrons. The Morgan fingerprint density at radius 3 is 2.69 bits per heavy atom. The van der Waals surface area contributed by atoms with Crippen LogP contribution in [0.5, 0.6) is 0 Å². The number of hydrogen-bond donors (Lipinski definition) is 0. The summed E-state index contributed by atoms with van der Waals surface area (Å²) in [5.41, 5.74) is 1.78. The average molecular weight is 364 g/mol. The van der Waals surface area contributed by atoms with Crippen molar-refractivity contribution >= 4 is 28.3 Å². The minimum Gasteiger partial charge on any atom is -0.465 e. The van der Waals surface area contributed by atoms with Crippen LogP contribution in [0, 0.1) is 0 Å². The average Bonchev–Trinajstić information content (AvgIpc) is 3.22. The fourth-order valence-electron chi connectivity index (χ4n) is 2.44. The molecule has 3 aromatic heterocycles. The first-order valence-electron chi connectivity index (χ1n) is 7.66. The molecule has 0 aliphatic carbocycles. The summed E-state index contributed by atoms with van der Waals surface area (Å²) in [5, 5.41) is 4.28. The normalized spacial score (nSPS) is 11.8. The maximum atomic E-state index is 12.5. The predicted octanol–water partition coefficient (Wildman–Crippen LogP) is 1.55. The number of fused-ring (bicyclic) bond motifs is 1. The summed E-state index contributed by atoms with van der Waals surface area (Å²) < 4.78 is 6.48. The molecule has 8 heteroatoms. The van der Waals surface area contributed by atoms with Crippen molar-refractivity contribution in [3.8, 4) is 11.4 Å². The number of aromatic nitrogens is 4. The van der Waals surface area contributed by atoms with Crippen molar-refractivity contribution in [1.82, 2.24) is 19.6 Å². The van der Waals surface area contributed by atoms with E-state index in [1.165, 1.54) is 23.0 Å². The van der Waals surface area contributed by atoms with Crippen molar-refractivity contribution in [2.75, 3.05) is 7.11 Å². The first-order chi connectivity index (χ1) is 12.7. The molecular formula is C18H12N4O3S. The lowest BCUT2D eigenvalue weighted by molar-refractivity contribution is 0.0600. The van der Waals surface area contributed by atoms with Crippen molar-refractivity contribution in [3.63, 3.8) is 0 Å². The molecule has 0 bridgehead atoms. The first kappa shape index (κ1) is 16.1. The standard InChI is InChI=1S/C18H12N4O3S/c1-25-17(24)12-6-4-11(5-7-12)9-14-16(23)22-18(26-14)20-15(21-22)13-3-2-8-19-10-13/h2-10H,1H3/b14-9-. The van der Waals surface area contributed by atoms with E-state index in [0.717, 1.165) is 11.1 Å². The van der Waals surface area contributed by atoms with Crippen LogP contribution in [0.25, 0.3) is 22.4 Å². The van der Waals surface area contributed by atoms with E-state index in [0.29, 0.717) is 20.9 Å². The molecule has 4 rings (SSSR count). The highest BCUT2D eigenvalue weighted by Crippen LogP contribution is 2.14. The smallest absolute Gasteiger partial charge is 0.337 e. The number of thiazole rings is 1. The third-order valence-corrected chi connectivity index (χ3v) is 4.69. The number of methoxy groups -OCH3 is 1. The van der Waals surface area contributed by atoms with E-state index in [1.54, 1.807) is 48.8 Å². The zero-order chi connectivity index (χ0) is 18.1. The summed E-state index contributed by atoms with van der Waals surface area (Å²) in [7, 11) is 1.33. The van der Waals surface area contributed by atoms with Crippen molar-refractivity contribution in [1.29, 1.82) is 0 Å². The van der Waals surface area contributed by atoms with E-state index in [-0.39, 0.29) is 5.56 Å². The number of carbonyl (C=O) groups excluding carboxylic acids is 1. The van der Waals surface area contributed by atoms with Crippen LogP contribution in [0.3, 0.4) is 0 Å². The molecular weight excluding hydrogens is 352 g/mol. The Morgan fingerprint density at radius 1 is 1.23 bits per heavy atom. The van der Waals surface area contributed by atoms with Crippen LogP contribution in [-0.2, 0) is 4.74 Å². The minimum absolute atomic E-state index is 0.232. The maximum absolute atomic E-state index is 12.5. The maximum Gasteiger partial charge on any atom is 0.337 e. The van der Waals surface area contributed by atoms with Crippen LogP contribution in [0.15, 0.2) is 53.6 Å². The van der Waals surface area contributed by atoms with E-state index < -0.39 is 5.97 Å². The zero-order valence-electron chi connectivity index (χ0n) is 13.6. The highest BCUT2D eigenvalue weighted by Gasteiger charge is 2.12. The molecule has 0 aliphatic heterocycles. The monoisotopic (exact) mass is 364 g/mol. The number of ether oxygens (including phenoxy) is 1. The number of benzene rings is 1. The Bertz CT molecular complexity index is 1200. The van der Waals surface area contributed by atoms with Crippen LogP contribution in [0.1, 0.15) is 15.9 Å². The Balaban J connectivity index is 1.72. The van der Waals surface area contributed by atoms with Gasteiger partial charge >= 0.3 is 5.97 Å². The van der Waals surface area contributed by atoms with Crippen LogP contribution < -0.4 is 10.1 Å². The van der Waals surface area contributed by atoms with E-state index in [1.807, 2.05) is 6.07 Å². The van der Waals surface area contributed by atoms with Crippen molar-refractivity contribution in [3.05, 3.63) is 74.8 Å². The van der Waals surface area contributed by atoms with Gasteiger partial charge < -0.3 is 4.74 Å². The highest BCUT2D eigenvalue weighted by molar-refractivity contribution is 7.15. The lowest BCUT2D eigenvalue weighted by Gasteiger charge is -1.98. The summed E-state index contributed by atoms with van der Waals surface area (Å²) in [6, 6.07) is 10.4. The molecule has 26 heavy (non-hydrogen) atoms. The summed E-state index contributed by atoms with van der Waals surface area (Å²) in [6.45, 7) is 0. The second-order valence-electron chi connectivity index (χ2n) is 5.40. The highest BCUT2D eigenvalue weighted by atomic mass is 32.1. The Morgan fingerprint density at radius 2 is 2.04 bits per heavy atom. The molecule has 128 valence electrons. The molecule has 7 nitrogen and oxygen atoms in total. The molecule has 0 aliphatic rings. The lowest BCUT2D eigenvalue weighted by atomic mass is 10.1. The van der Waals surface area contributed by atoms with Gasteiger partial charge in [-0.05, 0) is 35.9 Å². The minimum atomic E-state index is -0.400. The van der Waals surface area contributed by atoms with E-state index in [4.69, 9.17) is 0 Å². The molecule has 0 spiro atoms. The second-order valence-corrected chi connectivity index (χ2v) is 6.41. The SMILES string of the molecule is COC(=O)c1ccc(/C=c2\sc3nc(-c4cccnc4)nn3c2=O)cc1. The fraction of sp³-hybridized carbons (Fsp3) is 0.0556. The van der Waals surface area contributed by atoms with Gasteiger partial charge in [0, 0.05) is 18.0 Å². The van der Waals surface area contributed by atoms with Crippen molar-refractivity contribution in [2.45, 2.75) is 0 Å². The third-order valence-electron chi connectivity index (χ3n) is 3.73. The summed E-state index contributed by atoms with van der Waals surface area (Å²) in [4.78, 5) is 33.0. The molecule has 0 saturated heterocycles. The number of carbonyl (C=O) groups is 1. The summed E-state index contributed by atoms with van der Waals surface area (Å²) in [5.74, 6) is 0.0678. The molecule has 0 unspecified atom stereocenters. The van der Waals surface area contributed by atoms with Crippen molar-refractivity contribution in [2.24, 2.45) is 0 Å². The fourth-order valence-corrected chi connectivity index (χ4v) is 3.34. The van der Waals surface area contributed by atoms with E-state index in [2.05, 4.69) is 19.8 Å². The molecule has 4 aromatic rings. The number of esters is 1. The van der Waals surface area contributed by atoms with Gasteiger partial charge in [0.15, 0.2) is 5.82 Å². The molecule has 1 aromatic carbocycles. The molecule has 0 amide bonds. The largest absolute Gasteiger partial charge is 0.465 e. The van der Waals surface area contributed by atoms with E-state index >= 15 is 0 Å². The van der Waals surface area contributed by atoms with Crippen LogP contribution >= 0.6 is 11.3 Å². The second kappa shape index (κ2) is 6.49. The Hall–Kier alpha value is -3.39.